The van der Waals surface area contributed by atoms with Crippen LogP contribution in [0, 0.1) is 13.8 Å². The molecule has 1 aliphatic carbocycles. The van der Waals surface area contributed by atoms with E-state index in [1.807, 2.05) is 19.9 Å². The zero-order valence-corrected chi connectivity index (χ0v) is 12.9. The van der Waals surface area contributed by atoms with E-state index in [-0.39, 0.29) is 11.7 Å². The molecule has 0 saturated carbocycles. The van der Waals surface area contributed by atoms with Gasteiger partial charge in [-0.1, -0.05) is 6.92 Å². The Bertz CT molecular complexity index is 740. The number of furan rings is 1. The molecule has 3 rings (SSSR count). The van der Waals surface area contributed by atoms with E-state index in [2.05, 4.69) is 6.92 Å². The van der Waals surface area contributed by atoms with Crippen molar-refractivity contribution in [3.8, 4) is 11.5 Å². The van der Waals surface area contributed by atoms with Crippen LogP contribution in [-0.2, 0) is 0 Å². The number of aryl methyl sites for hydroxylation is 2. The smallest absolute Gasteiger partial charge is 0.232 e. The summed E-state index contributed by atoms with van der Waals surface area (Å²) in [6.45, 7) is 6.05. The minimum absolute atomic E-state index is 0.0891. The molecule has 1 atom stereocenters. The van der Waals surface area contributed by atoms with Gasteiger partial charge in [0.25, 0.3) is 0 Å². The third-order valence-electron chi connectivity index (χ3n) is 4.24. The maximum atomic E-state index is 12.8. The van der Waals surface area contributed by atoms with E-state index in [1.165, 1.54) is 0 Å². The monoisotopic (exact) mass is 286 g/mol. The van der Waals surface area contributed by atoms with Gasteiger partial charge in [-0.05, 0) is 36.6 Å². The normalized spacial score (nSPS) is 16.4. The maximum Gasteiger partial charge on any atom is 0.232 e. The Morgan fingerprint density at radius 3 is 2.43 bits per heavy atom. The molecule has 0 bridgehead atoms. The lowest BCUT2D eigenvalue weighted by atomic mass is 9.78. The standard InChI is InChI=1S/C17H18O4/c1-8-6-11(19-4)16(20-5)14-12(8)10(3)13-9(2)7-21-17(13)15(14)18/h6-7,10H,1-5H3/t10-/m0/s1. The average molecular weight is 286 g/mol. The highest BCUT2D eigenvalue weighted by atomic mass is 16.5. The van der Waals surface area contributed by atoms with E-state index >= 15 is 0 Å². The predicted octanol–water partition coefficient (Wildman–Crippen LogP) is 3.61. The molecule has 4 nitrogen and oxygen atoms in total. The molecule has 1 aromatic carbocycles. The first-order valence-corrected chi connectivity index (χ1v) is 6.89. The summed E-state index contributed by atoms with van der Waals surface area (Å²) < 4.78 is 16.3. The molecule has 0 spiro atoms. The first kappa shape index (κ1) is 13.7. The summed E-state index contributed by atoms with van der Waals surface area (Å²) in [6.07, 6.45) is 1.64. The van der Waals surface area contributed by atoms with Gasteiger partial charge in [-0.3, -0.25) is 4.79 Å². The number of fused-ring (bicyclic) bond motifs is 2. The Balaban J connectivity index is 2.37. The topological polar surface area (TPSA) is 48.7 Å². The first-order chi connectivity index (χ1) is 10.0. The van der Waals surface area contributed by atoms with E-state index in [9.17, 15) is 4.79 Å². The van der Waals surface area contributed by atoms with Gasteiger partial charge in [0.15, 0.2) is 17.3 Å². The quantitative estimate of drug-likeness (QED) is 0.846. The fourth-order valence-corrected chi connectivity index (χ4v) is 3.35. The van der Waals surface area contributed by atoms with E-state index in [0.29, 0.717) is 22.8 Å². The summed E-state index contributed by atoms with van der Waals surface area (Å²) in [5.41, 5.74) is 4.56. The molecule has 0 saturated heterocycles. The number of benzene rings is 1. The van der Waals surface area contributed by atoms with Crippen LogP contribution < -0.4 is 9.47 Å². The molecule has 0 aliphatic heterocycles. The van der Waals surface area contributed by atoms with Gasteiger partial charge >= 0.3 is 0 Å². The SMILES string of the molecule is COc1cc(C)c2c(c1OC)C(=O)c1occ(C)c1[C@H]2C. The number of hydrogen-bond donors (Lipinski definition) is 0. The highest BCUT2D eigenvalue weighted by molar-refractivity contribution is 6.13. The second-order valence-corrected chi connectivity index (χ2v) is 5.43. The number of rotatable bonds is 2. The number of ether oxygens (including phenoxy) is 2. The fraction of sp³-hybridized carbons (Fsp3) is 0.353. The van der Waals surface area contributed by atoms with Crippen LogP contribution in [0.15, 0.2) is 16.7 Å². The van der Waals surface area contributed by atoms with Crippen molar-refractivity contribution in [3.63, 3.8) is 0 Å². The van der Waals surface area contributed by atoms with Crippen molar-refractivity contribution in [1.82, 2.24) is 0 Å². The number of carbonyl (C=O) groups is 1. The molecule has 0 amide bonds. The van der Waals surface area contributed by atoms with Gasteiger partial charge in [-0.25, -0.2) is 0 Å². The molecule has 2 aromatic rings. The van der Waals surface area contributed by atoms with Crippen LogP contribution in [-0.4, -0.2) is 20.0 Å². The molecule has 4 heteroatoms. The maximum absolute atomic E-state index is 12.8. The van der Waals surface area contributed by atoms with Crippen molar-refractivity contribution in [3.05, 3.63) is 45.9 Å². The molecular formula is C17H18O4. The zero-order chi connectivity index (χ0) is 15.3. The van der Waals surface area contributed by atoms with Crippen LogP contribution in [0.5, 0.6) is 11.5 Å². The van der Waals surface area contributed by atoms with Crippen molar-refractivity contribution in [1.29, 1.82) is 0 Å². The van der Waals surface area contributed by atoms with Crippen molar-refractivity contribution < 1.29 is 18.7 Å². The van der Waals surface area contributed by atoms with E-state index in [4.69, 9.17) is 13.9 Å². The van der Waals surface area contributed by atoms with Gasteiger partial charge < -0.3 is 13.9 Å². The lowest BCUT2D eigenvalue weighted by Crippen LogP contribution is -2.20. The van der Waals surface area contributed by atoms with Gasteiger partial charge in [0.1, 0.15) is 0 Å². The Hall–Kier alpha value is -2.23. The van der Waals surface area contributed by atoms with Gasteiger partial charge in [0.05, 0.1) is 26.0 Å². The molecule has 1 aromatic heterocycles. The minimum atomic E-state index is -0.134. The van der Waals surface area contributed by atoms with Gasteiger partial charge in [-0.15, -0.1) is 0 Å². The third kappa shape index (κ3) is 1.71. The van der Waals surface area contributed by atoms with Gasteiger partial charge in [0.2, 0.25) is 5.78 Å². The van der Waals surface area contributed by atoms with Gasteiger partial charge in [-0.2, -0.15) is 0 Å². The number of ketones is 1. The minimum Gasteiger partial charge on any atom is -0.493 e. The van der Waals surface area contributed by atoms with Crippen molar-refractivity contribution in [2.75, 3.05) is 14.2 Å². The highest BCUT2D eigenvalue weighted by Crippen LogP contribution is 2.47. The summed E-state index contributed by atoms with van der Waals surface area (Å²) >= 11 is 0. The lowest BCUT2D eigenvalue weighted by molar-refractivity contribution is 0.0999. The Kier molecular flexibility index (Phi) is 3.04. The molecule has 1 aliphatic rings. The van der Waals surface area contributed by atoms with Crippen LogP contribution >= 0.6 is 0 Å². The molecule has 0 N–H and O–H groups in total. The largest absolute Gasteiger partial charge is 0.493 e. The van der Waals surface area contributed by atoms with E-state index in [1.54, 1.807) is 20.5 Å². The Morgan fingerprint density at radius 1 is 1.10 bits per heavy atom. The number of hydrogen-bond acceptors (Lipinski definition) is 4. The Labute approximate surface area is 123 Å². The molecule has 0 radical (unpaired) electrons. The molecule has 1 heterocycles. The number of carbonyl (C=O) groups excluding carboxylic acids is 1. The fourth-order valence-electron chi connectivity index (χ4n) is 3.35. The van der Waals surface area contributed by atoms with Crippen LogP contribution in [0.25, 0.3) is 0 Å². The third-order valence-corrected chi connectivity index (χ3v) is 4.24. The molecule has 0 unspecified atom stereocenters. The predicted molar refractivity (Wildman–Crippen MR) is 78.7 cm³/mol. The van der Waals surface area contributed by atoms with Crippen LogP contribution in [0.1, 0.15) is 51.2 Å². The van der Waals surface area contributed by atoms with Crippen LogP contribution in [0.4, 0.5) is 0 Å². The Morgan fingerprint density at radius 2 is 1.81 bits per heavy atom. The van der Waals surface area contributed by atoms with Crippen LogP contribution in [0.2, 0.25) is 0 Å². The second kappa shape index (κ2) is 4.65. The zero-order valence-electron chi connectivity index (χ0n) is 12.9. The second-order valence-electron chi connectivity index (χ2n) is 5.43. The molecule has 0 fully saturated rings. The number of methoxy groups -OCH3 is 2. The summed E-state index contributed by atoms with van der Waals surface area (Å²) in [7, 11) is 3.12. The van der Waals surface area contributed by atoms with E-state index < -0.39 is 0 Å². The van der Waals surface area contributed by atoms with Crippen molar-refractivity contribution in [2.24, 2.45) is 0 Å². The molecular weight excluding hydrogens is 268 g/mol. The highest BCUT2D eigenvalue weighted by Gasteiger charge is 2.37. The summed E-state index contributed by atoms with van der Waals surface area (Å²) in [5.74, 6) is 1.42. The lowest BCUT2D eigenvalue weighted by Gasteiger charge is -2.26. The average Bonchev–Trinajstić information content (AvgIpc) is 2.86. The summed E-state index contributed by atoms with van der Waals surface area (Å²) in [5, 5.41) is 0. The van der Waals surface area contributed by atoms with Crippen molar-refractivity contribution in [2.45, 2.75) is 26.7 Å². The first-order valence-electron chi connectivity index (χ1n) is 6.89. The summed E-state index contributed by atoms with van der Waals surface area (Å²) in [4.78, 5) is 12.8. The molecule has 110 valence electrons. The van der Waals surface area contributed by atoms with Crippen molar-refractivity contribution >= 4 is 5.78 Å². The van der Waals surface area contributed by atoms with Gasteiger partial charge in [0, 0.05) is 11.5 Å². The van der Waals surface area contributed by atoms with E-state index in [0.717, 1.165) is 22.3 Å². The molecule has 21 heavy (non-hydrogen) atoms. The van der Waals surface area contributed by atoms with Crippen LogP contribution in [0.3, 0.4) is 0 Å². The summed E-state index contributed by atoms with van der Waals surface area (Å²) in [6, 6.07) is 1.92.